The van der Waals surface area contributed by atoms with Crippen molar-refractivity contribution in [2.24, 2.45) is 5.73 Å². The summed E-state index contributed by atoms with van der Waals surface area (Å²) in [6, 6.07) is 7.45. The Hall–Kier alpha value is -1.55. The number of carbonyl (C=O) groups excluding carboxylic acids is 1. The van der Waals surface area contributed by atoms with Gasteiger partial charge in [-0.3, -0.25) is 4.79 Å². The third-order valence-electron chi connectivity index (χ3n) is 2.92. The van der Waals surface area contributed by atoms with Gasteiger partial charge in [0.15, 0.2) is 0 Å². The van der Waals surface area contributed by atoms with E-state index in [1.54, 1.807) is 7.11 Å². The van der Waals surface area contributed by atoms with E-state index in [4.69, 9.17) is 10.5 Å². The molecule has 1 aliphatic heterocycles. The Morgan fingerprint density at radius 1 is 1.44 bits per heavy atom. The molecule has 2 rings (SSSR count). The molecule has 0 aliphatic carbocycles. The van der Waals surface area contributed by atoms with E-state index in [2.05, 4.69) is 5.32 Å². The van der Waals surface area contributed by atoms with Crippen LogP contribution in [-0.4, -0.2) is 19.1 Å². The first-order chi connectivity index (χ1) is 7.70. The minimum atomic E-state index is -0.359. The monoisotopic (exact) mass is 220 g/mol. The topological polar surface area (TPSA) is 64.3 Å². The Labute approximate surface area is 94.8 Å². The highest BCUT2D eigenvalue weighted by atomic mass is 16.5. The van der Waals surface area contributed by atoms with E-state index in [9.17, 15) is 4.79 Å². The smallest absolute Gasteiger partial charge is 0.237 e. The third kappa shape index (κ3) is 2.17. The first kappa shape index (κ1) is 11.0. The Morgan fingerprint density at radius 2 is 2.25 bits per heavy atom. The van der Waals surface area contributed by atoms with Gasteiger partial charge >= 0.3 is 0 Å². The van der Waals surface area contributed by atoms with Crippen molar-refractivity contribution in [3.8, 4) is 5.75 Å². The van der Waals surface area contributed by atoms with Crippen LogP contribution in [0.25, 0.3) is 0 Å². The molecule has 1 aromatic carbocycles. The number of nitrogens with one attached hydrogen (secondary N) is 1. The predicted octanol–water partition coefficient (Wildman–Crippen LogP) is 0.974. The van der Waals surface area contributed by atoms with Gasteiger partial charge in [-0.2, -0.15) is 0 Å². The van der Waals surface area contributed by atoms with Crippen molar-refractivity contribution in [1.82, 2.24) is 5.32 Å². The van der Waals surface area contributed by atoms with E-state index in [0.29, 0.717) is 0 Å². The fraction of sp³-hybridized carbons (Fsp3) is 0.417. The van der Waals surface area contributed by atoms with Crippen molar-refractivity contribution < 1.29 is 9.53 Å². The van der Waals surface area contributed by atoms with Gasteiger partial charge in [0.2, 0.25) is 5.91 Å². The summed E-state index contributed by atoms with van der Waals surface area (Å²) in [4.78, 5) is 11.5. The summed E-state index contributed by atoms with van der Waals surface area (Å²) >= 11 is 0. The molecular formula is C12H16N2O2. The summed E-state index contributed by atoms with van der Waals surface area (Å²) in [6.45, 7) is 0. The second-order valence-corrected chi connectivity index (χ2v) is 4.02. The maximum absolute atomic E-state index is 11.5. The van der Waals surface area contributed by atoms with Gasteiger partial charge in [-0.05, 0) is 30.5 Å². The van der Waals surface area contributed by atoms with Crippen LogP contribution in [0.15, 0.2) is 24.3 Å². The lowest BCUT2D eigenvalue weighted by atomic mass is 9.95. The molecule has 1 aromatic rings. The molecular weight excluding hydrogens is 204 g/mol. The molecule has 4 heteroatoms. The first-order valence-electron chi connectivity index (χ1n) is 5.40. The highest BCUT2D eigenvalue weighted by Crippen LogP contribution is 2.25. The van der Waals surface area contributed by atoms with Gasteiger partial charge in [-0.1, -0.05) is 12.1 Å². The van der Waals surface area contributed by atoms with Gasteiger partial charge in [-0.15, -0.1) is 0 Å². The molecule has 1 heterocycles. The Bertz CT molecular complexity index is 392. The predicted molar refractivity (Wildman–Crippen MR) is 61.1 cm³/mol. The van der Waals surface area contributed by atoms with Crippen molar-refractivity contribution in [3.05, 3.63) is 29.8 Å². The molecule has 0 spiro atoms. The molecule has 4 nitrogen and oxygen atoms in total. The number of nitrogens with two attached hydrogens (primary N) is 1. The number of carbonyl (C=O) groups is 1. The van der Waals surface area contributed by atoms with E-state index in [1.807, 2.05) is 24.3 Å². The van der Waals surface area contributed by atoms with Crippen molar-refractivity contribution in [1.29, 1.82) is 0 Å². The minimum absolute atomic E-state index is 0.0578. The van der Waals surface area contributed by atoms with Gasteiger partial charge in [0.05, 0.1) is 19.2 Å². The molecule has 3 N–H and O–H groups in total. The number of methoxy groups -OCH3 is 1. The number of rotatable bonds is 2. The maximum Gasteiger partial charge on any atom is 0.237 e. The maximum atomic E-state index is 11.5. The highest BCUT2D eigenvalue weighted by molar-refractivity contribution is 5.82. The van der Waals surface area contributed by atoms with Crippen LogP contribution in [0.4, 0.5) is 0 Å². The van der Waals surface area contributed by atoms with Crippen LogP contribution in [0.5, 0.6) is 5.75 Å². The van der Waals surface area contributed by atoms with Gasteiger partial charge < -0.3 is 15.8 Å². The van der Waals surface area contributed by atoms with Crippen LogP contribution in [0, 0.1) is 0 Å². The molecule has 1 saturated heterocycles. The molecule has 1 aliphatic rings. The second-order valence-electron chi connectivity index (χ2n) is 4.02. The molecule has 1 fully saturated rings. The Balaban J connectivity index is 2.15. The average molecular weight is 220 g/mol. The fourth-order valence-electron chi connectivity index (χ4n) is 1.94. The molecule has 0 aromatic heterocycles. The zero-order valence-electron chi connectivity index (χ0n) is 9.27. The molecule has 16 heavy (non-hydrogen) atoms. The van der Waals surface area contributed by atoms with Crippen LogP contribution in [0.2, 0.25) is 0 Å². The highest BCUT2D eigenvalue weighted by Gasteiger charge is 2.25. The van der Waals surface area contributed by atoms with Crippen LogP contribution in [0.3, 0.4) is 0 Å². The zero-order chi connectivity index (χ0) is 11.5. The molecule has 0 bridgehead atoms. The third-order valence-corrected chi connectivity index (χ3v) is 2.92. The number of amides is 1. The van der Waals surface area contributed by atoms with Crippen LogP contribution < -0.4 is 15.8 Å². The number of hydrogen-bond donors (Lipinski definition) is 2. The van der Waals surface area contributed by atoms with Gasteiger partial charge in [0.1, 0.15) is 5.75 Å². The first-order valence-corrected chi connectivity index (χ1v) is 5.40. The Morgan fingerprint density at radius 3 is 2.94 bits per heavy atom. The van der Waals surface area contributed by atoms with Gasteiger partial charge in [0.25, 0.3) is 0 Å². The lowest BCUT2D eigenvalue weighted by Crippen LogP contribution is -2.46. The number of piperidine rings is 1. The molecule has 86 valence electrons. The summed E-state index contributed by atoms with van der Waals surface area (Å²) in [5, 5.41) is 2.91. The van der Waals surface area contributed by atoms with Crippen LogP contribution >= 0.6 is 0 Å². The quantitative estimate of drug-likeness (QED) is 0.780. The summed E-state index contributed by atoms with van der Waals surface area (Å²) in [7, 11) is 1.63. The summed E-state index contributed by atoms with van der Waals surface area (Å²) in [5.41, 5.74) is 6.71. The summed E-state index contributed by atoms with van der Waals surface area (Å²) < 4.78 is 5.16. The van der Waals surface area contributed by atoms with E-state index in [-0.39, 0.29) is 18.0 Å². The fourth-order valence-corrected chi connectivity index (χ4v) is 1.94. The summed E-state index contributed by atoms with van der Waals surface area (Å²) in [6.07, 6.45) is 1.60. The number of benzene rings is 1. The minimum Gasteiger partial charge on any atom is -0.497 e. The van der Waals surface area contributed by atoms with Crippen molar-refractivity contribution in [2.75, 3.05) is 7.11 Å². The zero-order valence-corrected chi connectivity index (χ0v) is 9.27. The van der Waals surface area contributed by atoms with E-state index < -0.39 is 0 Å². The molecule has 2 unspecified atom stereocenters. The van der Waals surface area contributed by atoms with E-state index in [1.165, 1.54) is 0 Å². The van der Waals surface area contributed by atoms with Crippen molar-refractivity contribution >= 4 is 5.91 Å². The van der Waals surface area contributed by atoms with Gasteiger partial charge in [-0.25, -0.2) is 0 Å². The Kier molecular flexibility index (Phi) is 3.10. The van der Waals surface area contributed by atoms with Crippen molar-refractivity contribution in [2.45, 2.75) is 24.9 Å². The molecule has 1 amide bonds. The standard InChI is InChI=1S/C12H16N2O2/c1-16-9-4-2-3-8(7-9)11-6-5-10(13)12(15)14-11/h2-4,7,10-11H,5-6,13H2,1H3,(H,14,15). The summed E-state index contributed by atoms with van der Waals surface area (Å²) in [5.74, 6) is 0.737. The SMILES string of the molecule is COc1cccc(C2CCC(N)C(=O)N2)c1. The normalized spacial score (nSPS) is 25.0. The van der Waals surface area contributed by atoms with E-state index in [0.717, 1.165) is 24.2 Å². The lowest BCUT2D eigenvalue weighted by molar-refractivity contribution is -0.124. The largest absolute Gasteiger partial charge is 0.497 e. The number of ether oxygens (including phenoxy) is 1. The molecule has 0 radical (unpaired) electrons. The van der Waals surface area contributed by atoms with Crippen LogP contribution in [0.1, 0.15) is 24.4 Å². The van der Waals surface area contributed by atoms with E-state index >= 15 is 0 Å². The average Bonchev–Trinajstić information content (AvgIpc) is 2.33. The lowest BCUT2D eigenvalue weighted by Gasteiger charge is -2.27. The number of hydrogen-bond acceptors (Lipinski definition) is 3. The molecule has 0 saturated carbocycles. The van der Waals surface area contributed by atoms with Crippen molar-refractivity contribution in [3.63, 3.8) is 0 Å². The second kappa shape index (κ2) is 4.53. The van der Waals surface area contributed by atoms with Gasteiger partial charge in [0, 0.05) is 0 Å². The van der Waals surface area contributed by atoms with Crippen LogP contribution in [-0.2, 0) is 4.79 Å². The molecule has 2 atom stereocenters.